The molecule has 2 aliphatic heterocycles. The summed E-state index contributed by atoms with van der Waals surface area (Å²) in [6, 6.07) is 8.99. The van der Waals surface area contributed by atoms with Crippen molar-refractivity contribution in [1.29, 1.82) is 5.26 Å². The maximum Gasteiger partial charge on any atom is 0.272 e. The molecule has 5 rings (SSSR count). The Bertz CT molecular complexity index is 1040. The van der Waals surface area contributed by atoms with E-state index < -0.39 is 0 Å². The van der Waals surface area contributed by atoms with E-state index in [2.05, 4.69) is 23.4 Å². The van der Waals surface area contributed by atoms with Crippen molar-refractivity contribution in [1.82, 2.24) is 15.1 Å². The Hall–Kier alpha value is -3.05. The third-order valence-electron chi connectivity index (χ3n) is 6.21. The lowest BCUT2D eigenvalue weighted by atomic mass is 10.0. The molecule has 0 radical (unpaired) electrons. The predicted octanol–water partition coefficient (Wildman–Crippen LogP) is 2.46. The summed E-state index contributed by atoms with van der Waals surface area (Å²) in [5.74, 6) is 1.11. The molecular weight excluding hydrogens is 396 g/mol. The van der Waals surface area contributed by atoms with Gasteiger partial charge in [0.05, 0.1) is 30.9 Å². The Morgan fingerprint density at radius 1 is 1.42 bits per heavy atom. The summed E-state index contributed by atoms with van der Waals surface area (Å²) in [5.41, 5.74) is 2.20. The molecule has 8 heteroatoms. The number of carbonyl (C=O) groups is 1. The molecule has 1 amide bonds. The summed E-state index contributed by atoms with van der Waals surface area (Å²) in [6.07, 6.45) is 3.88. The summed E-state index contributed by atoms with van der Waals surface area (Å²) in [5, 5.41) is 16.5. The van der Waals surface area contributed by atoms with Crippen LogP contribution in [0.2, 0.25) is 0 Å². The number of rotatable bonds is 6. The zero-order chi connectivity index (χ0) is 21.4. The Kier molecular flexibility index (Phi) is 5.06. The number of carbonyl (C=O) groups excluding carboxylic acids is 1. The number of hydrogen-bond donors (Lipinski definition) is 1. The van der Waals surface area contributed by atoms with E-state index in [0.717, 1.165) is 24.3 Å². The molecule has 3 heterocycles. The van der Waals surface area contributed by atoms with Gasteiger partial charge in [-0.2, -0.15) is 10.4 Å². The molecule has 1 aromatic heterocycles. The van der Waals surface area contributed by atoms with Gasteiger partial charge in [-0.1, -0.05) is 6.92 Å². The van der Waals surface area contributed by atoms with Crippen LogP contribution in [0.15, 0.2) is 24.3 Å². The highest BCUT2D eigenvalue weighted by Crippen LogP contribution is 2.45. The first kappa shape index (κ1) is 19.9. The van der Waals surface area contributed by atoms with Gasteiger partial charge in [-0.25, -0.2) is 4.68 Å². The van der Waals surface area contributed by atoms with Crippen LogP contribution in [0, 0.1) is 16.7 Å². The Morgan fingerprint density at radius 3 is 3.10 bits per heavy atom. The molecule has 8 nitrogen and oxygen atoms in total. The molecule has 162 valence electrons. The van der Waals surface area contributed by atoms with Crippen molar-refractivity contribution >= 4 is 5.91 Å². The molecule has 2 atom stereocenters. The van der Waals surface area contributed by atoms with E-state index in [-0.39, 0.29) is 18.1 Å². The molecule has 3 aliphatic rings. The van der Waals surface area contributed by atoms with Gasteiger partial charge in [0.25, 0.3) is 5.91 Å². The van der Waals surface area contributed by atoms with Crippen LogP contribution in [0.5, 0.6) is 11.6 Å². The number of nitrogens with one attached hydrogen (secondary N) is 1. The lowest BCUT2D eigenvalue weighted by Crippen LogP contribution is -2.42. The van der Waals surface area contributed by atoms with Crippen molar-refractivity contribution in [3.05, 3.63) is 41.1 Å². The number of aromatic nitrogens is 2. The predicted molar refractivity (Wildman–Crippen MR) is 111 cm³/mol. The fourth-order valence-corrected chi connectivity index (χ4v) is 3.99. The van der Waals surface area contributed by atoms with Crippen LogP contribution in [0.3, 0.4) is 0 Å². The largest absolute Gasteiger partial charge is 0.491 e. The van der Waals surface area contributed by atoms with Crippen molar-refractivity contribution in [3.8, 4) is 17.7 Å². The third kappa shape index (κ3) is 4.37. The number of fused-ring (bicyclic) bond motifs is 2. The average molecular weight is 422 g/mol. The van der Waals surface area contributed by atoms with Crippen LogP contribution in [-0.2, 0) is 17.7 Å². The molecular formula is C23H26N4O4. The number of aryl methyl sites for hydroxylation is 1. The second-order valence-electron chi connectivity index (χ2n) is 9.07. The molecule has 31 heavy (non-hydrogen) atoms. The van der Waals surface area contributed by atoms with Gasteiger partial charge < -0.3 is 19.5 Å². The first-order valence-corrected chi connectivity index (χ1v) is 10.8. The van der Waals surface area contributed by atoms with Gasteiger partial charge in [-0.3, -0.25) is 4.79 Å². The summed E-state index contributed by atoms with van der Waals surface area (Å²) in [7, 11) is 0. The van der Waals surface area contributed by atoms with Crippen molar-refractivity contribution in [2.75, 3.05) is 19.8 Å². The van der Waals surface area contributed by atoms with Crippen molar-refractivity contribution in [2.24, 2.45) is 5.41 Å². The Balaban J connectivity index is 1.17. The zero-order valence-corrected chi connectivity index (χ0v) is 17.6. The average Bonchev–Trinajstić information content (AvgIpc) is 3.35. The summed E-state index contributed by atoms with van der Waals surface area (Å²) in [6.45, 7) is 4.67. The van der Waals surface area contributed by atoms with Crippen molar-refractivity contribution in [3.63, 3.8) is 0 Å². The van der Waals surface area contributed by atoms with Gasteiger partial charge in [0.15, 0.2) is 5.69 Å². The van der Waals surface area contributed by atoms with Crippen LogP contribution in [0.4, 0.5) is 0 Å². The smallest absolute Gasteiger partial charge is 0.272 e. The first-order chi connectivity index (χ1) is 15.0. The number of nitrogens with zero attached hydrogens (tertiary/aromatic N) is 3. The number of nitriles is 1. The first-order valence-electron chi connectivity index (χ1n) is 10.8. The second kappa shape index (κ2) is 7.89. The van der Waals surface area contributed by atoms with Gasteiger partial charge in [0.2, 0.25) is 5.88 Å². The maximum absolute atomic E-state index is 12.8. The number of amides is 1. The van der Waals surface area contributed by atoms with Crippen LogP contribution >= 0.6 is 0 Å². The highest BCUT2D eigenvalue weighted by Gasteiger charge is 2.37. The van der Waals surface area contributed by atoms with Crippen LogP contribution in [0.1, 0.15) is 47.8 Å². The SMILES string of the molecule is CC1(COCC2CCn3nc(C(=O)NC4COc5ccc(C#N)cc5C4)cc3O2)CC1. The van der Waals surface area contributed by atoms with E-state index in [1.54, 1.807) is 22.9 Å². The molecule has 1 saturated carbocycles. The summed E-state index contributed by atoms with van der Waals surface area (Å²) >= 11 is 0. The topological polar surface area (TPSA) is 98.4 Å². The van der Waals surface area contributed by atoms with E-state index in [0.29, 0.717) is 48.7 Å². The van der Waals surface area contributed by atoms with Crippen LogP contribution in [0.25, 0.3) is 0 Å². The van der Waals surface area contributed by atoms with Crippen LogP contribution in [-0.4, -0.2) is 47.7 Å². The summed E-state index contributed by atoms with van der Waals surface area (Å²) in [4.78, 5) is 12.8. The van der Waals surface area contributed by atoms with E-state index >= 15 is 0 Å². The van der Waals surface area contributed by atoms with E-state index in [4.69, 9.17) is 19.5 Å². The van der Waals surface area contributed by atoms with E-state index in [1.165, 1.54) is 12.8 Å². The lowest BCUT2D eigenvalue weighted by Gasteiger charge is -2.25. The highest BCUT2D eigenvalue weighted by atomic mass is 16.5. The standard InChI is InChI=1S/C23H26N4O4/c1-23(5-6-23)14-29-13-18-4-7-27-21(31-18)10-19(26-27)22(28)25-17-9-16-8-15(11-24)2-3-20(16)30-12-17/h2-3,8,10,17-18H,4-7,9,12-14H2,1H3,(H,25,28). The molecule has 2 aromatic rings. The molecule has 1 N–H and O–H groups in total. The quantitative estimate of drug-likeness (QED) is 0.768. The highest BCUT2D eigenvalue weighted by molar-refractivity contribution is 5.92. The maximum atomic E-state index is 12.8. The van der Waals surface area contributed by atoms with Gasteiger partial charge in [0.1, 0.15) is 18.5 Å². The minimum atomic E-state index is -0.256. The van der Waals surface area contributed by atoms with Gasteiger partial charge in [-0.15, -0.1) is 0 Å². The monoisotopic (exact) mass is 422 g/mol. The Labute approximate surface area is 181 Å². The van der Waals surface area contributed by atoms with Gasteiger partial charge in [-0.05, 0) is 48.4 Å². The molecule has 1 fully saturated rings. The normalized spacial score (nSPS) is 22.8. The molecule has 0 bridgehead atoms. The van der Waals surface area contributed by atoms with Gasteiger partial charge in [0, 0.05) is 19.0 Å². The molecule has 1 aliphatic carbocycles. The minimum absolute atomic E-state index is 0.0139. The fraction of sp³-hybridized carbons (Fsp3) is 0.522. The van der Waals surface area contributed by atoms with E-state index in [1.807, 2.05) is 6.07 Å². The Morgan fingerprint density at radius 2 is 2.29 bits per heavy atom. The molecule has 2 unspecified atom stereocenters. The number of ether oxygens (including phenoxy) is 3. The molecule has 1 aromatic carbocycles. The second-order valence-corrected chi connectivity index (χ2v) is 9.07. The molecule has 0 spiro atoms. The fourth-order valence-electron chi connectivity index (χ4n) is 3.99. The zero-order valence-electron chi connectivity index (χ0n) is 17.6. The molecule has 0 saturated heterocycles. The van der Waals surface area contributed by atoms with Crippen molar-refractivity contribution in [2.45, 2.75) is 51.3 Å². The lowest BCUT2D eigenvalue weighted by molar-refractivity contribution is 0.0109. The van der Waals surface area contributed by atoms with Crippen LogP contribution < -0.4 is 14.8 Å². The summed E-state index contributed by atoms with van der Waals surface area (Å²) < 4.78 is 19.3. The van der Waals surface area contributed by atoms with E-state index in [9.17, 15) is 4.79 Å². The number of hydrogen-bond acceptors (Lipinski definition) is 6. The van der Waals surface area contributed by atoms with Crippen molar-refractivity contribution < 1.29 is 19.0 Å². The van der Waals surface area contributed by atoms with Gasteiger partial charge >= 0.3 is 0 Å². The third-order valence-corrected chi connectivity index (χ3v) is 6.21. The number of benzene rings is 1. The minimum Gasteiger partial charge on any atom is -0.491 e.